The maximum Gasteiger partial charge on any atom is 0.145 e. The Bertz CT molecular complexity index is 641. The molecule has 0 aliphatic carbocycles. The van der Waals surface area contributed by atoms with E-state index in [1.54, 1.807) is 0 Å². The van der Waals surface area contributed by atoms with E-state index in [9.17, 15) is 0 Å². The van der Waals surface area contributed by atoms with Crippen molar-refractivity contribution in [1.29, 1.82) is 0 Å². The zero-order chi connectivity index (χ0) is 16.1. The van der Waals surface area contributed by atoms with Gasteiger partial charge in [-0.15, -0.1) is 0 Å². The SMILES string of the molecule is CCC1CCCCN1CCCOc1cccc2ccc(C)nc12. The number of aromatic nitrogens is 1. The summed E-state index contributed by atoms with van der Waals surface area (Å²) in [7, 11) is 0. The normalized spacial score (nSPS) is 19.1. The number of benzene rings is 1. The molecule has 0 N–H and O–H groups in total. The molecule has 124 valence electrons. The molecule has 2 aromatic rings. The molecule has 1 atom stereocenters. The van der Waals surface area contributed by atoms with Gasteiger partial charge in [0.2, 0.25) is 0 Å². The molecular weight excluding hydrogens is 284 g/mol. The van der Waals surface area contributed by atoms with Crippen molar-refractivity contribution < 1.29 is 4.74 Å². The van der Waals surface area contributed by atoms with E-state index in [0.717, 1.165) is 48.0 Å². The minimum Gasteiger partial charge on any atom is -0.491 e. The smallest absolute Gasteiger partial charge is 0.145 e. The van der Waals surface area contributed by atoms with E-state index in [2.05, 4.69) is 28.9 Å². The van der Waals surface area contributed by atoms with Crippen LogP contribution in [0.5, 0.6) is 5.75 Å². The van der Waals surface area contributed by atoms with E-state index in [-0.39, 0.29) is 0 Å². The van der Waals surface area contributed by atoms with Crippen LogP contribution in [-0.4, -0.2) is 35.6 Å². The third-order valence-corrected chi connectivity index (χ3v) is 4.89. The lowest BCUT2D eigenvalue weighted by atomic mass is 10.00. The molecular formula is C20H28N2O. The molecule has 0 spiro atoms. The Hall–Kier alpha value is -1.61. The molecule has 1 unspecified atom stereocenters. The molecule has 3 rings (SSSR count). The van der Waals surface area contributed by atoms with Crippen molar-refractivity contribution >= 4 is 10.9 Å². The van der Waals surface area contributed by atoms with Crippen LogP contribution >= 0.6 is 0 Å². The summed E-state index contributed by atoms with van der Waals surface area (Å²) in [4.78, 5) is 7.29. The number of piperidine rings is 1. The number of aryl methyl sites for hydroxylation is 1. The Morgan fingerprint density at radius 1 is 1.22 bits per heavy atom. The summed E-state index contributed by atoms with van der Waals surface area (Å²) in [5.41, 5.74) is 2.02. The number of para-hydroxylation sites is 1. The first-order valence-corrected chi connectivity index (χ1v) is 9.01. The topological polar surface area (TPSA) is 25.4 Å². The van der Waals surface area contributed by atoms with Gasteiger partial charge in [-0.25, -0.2) is 4.98 Å². The molecule has 2 heterocycles. The van der Waals surface area contributed by atoms with Crippen LogP contribution in [0.3, 0.4) is 0 Å². The van der Waals surface area contributed by atoms with Gasteiger partial charge in [0.25, 0.3) is 0 Å². The molecule has 1 fully saturated rings. The average Bonchev–Trinajstić information content (AvgIpc) is 2.59. The summed E-state index contributed by atoms with van der Waals surface area (Å²) >= 11 is 0. The molecule has 1 aromatic carbocycles. The quantitative estimate of drug-likeness (QED) is 0.730. The fourth-order valence-electron chi connectivity index (χ4n) is 3.60. The van der Waals surface area contributed by atoms with Crippen molar-refractivity contribution in [2.45, 2.75) is 52.0 Å². The Kier molecular flexibility index (Phi) is 5.50. The number of ether oxygens (including phenoxy) is 1. The van der Waals surface area contributed by atoms with Crippen LogP contribution in [0.4, 0.5) is 0 Å². The van der Waals surface area contributed by atoms with Gasteiger partial charge in [-0.3, -0.25) is 0 Å². The van der Waals surface area contributed by atoms with Gasteiger partial charge in [0.05, 0.1) is 6.61 Å². The predicted octanol–water partition coefficient (Wildman–Crippen LogP) is 4.58. The first-order chi connectivity index (χ1) is 11.3. The number of pyridine rings is 1. The van der Waals surface area contributed by atoms with Gasteiger partial charge in [-0.1, -0.05) is 31.5 Å². The Labute approximate surface area is 139 Å². The van der Waals surface area contributed by atoms with Gasteiger partial charge in [-0.05, 0) is 51.3 Å². The molecule has 3 nitrogen and oxygen atoms in total. The van der Waals surface area contributed by atoms with Gasteiger partial charge in [0, 0.05) is 23.7 Å². The molecule has 1 aliphatic rings. The van der Waals surface area contributed by atoms with Crippen LogP contribution < -0.4 is 4.74 Å². The van der Waals surface area contributed by atoms with Crippen molar-refractivity contribution in [2.75, 3.05) is 19.7 Å². The molecule has 3 heteroatoms. The Balaban J connectivity index is 1.55. The van der Waals surface area contributed by atoms with Crippen LogP contribution in [0.2, 0.25) is 0 Å². The van der Waals surface area contributed by atoms with Crippen LogP contribution in [-0.2, 0) is 0 Å². The highest BCUT2D eigenvalue weighted by molar-refractivity contribution is 5.84. The second-order valence-corrected chi connectivity index (χ2v) is 6.58. The predicted molar refractivity (Wildman–Crippen MR) is 96.1 cm³/mol. The molecule has 0 amide bonds. The van der Waals surface area contributed by atoms with E-state index in [0.29, 0.717) is 0 Å². The van der Waals surface area contributed by atoms with Crippen molar-refractivity contribution in [3.05, 3.63) is 36.0 Å². The first-order valence-electron chi connectivity index (χ1n) is 9.01. The lowest BCUT2D eigenvalue weighted by Gasteiger charge is -2.35. The highest BCUT2D eigenvalue weighted by Crippen LogP contribution is 2.24. The Morgan fingerprint density at radius 3 is 3.00 bits per heavy atom. The first kappa shape index (κ1) is 16.3. The molecule has 0 saturated carbocycles. The summed E-state index contributed by atoms with van der Waals surface area (Å²) in [5.74, 6) is 0.914. The van der Waals surface area contributed by atoms with Gasteiger partial charge in [0.15, 0.2) is 0 Å². The number of hydrogen-bond donors (Lipinski definition) is 0. The van der Waals surface area contributed by atoms with Crippen molar-refractivity contribution in [2.24, 2.45) is 0 Å². The van der Waals surface area contributed by atoms with Gasteiger partial charge >= 0.3 is 0 Å². The second-order valence-electron chi connectivity index (χ2n) is 6.58. The highest BCUT2D eigenvalue weighted by atomic mass is 16.5. The second kappa shape index (κ2) is 7.78. The molecule has 0 bridgehead atoms. The van der Waals surface area contributed by atoms with Crippen LogP contribution in [0.1, 0.15) is 44.7 Å². The summed E-state index contributed by atoms with van der Waals surface area (Å²) in [6.45, 7) is 7.51. The average molecular weight is 312 g/mol. The summed E-state index contributed by atoms with van der Waals surface area (Å²) in [6, 6.07) is 11.1. The lowest BCUT2D eigenvalue weighted by molar-refractivity contribution is 0.134. The van der Waals surface area contributed by atoms with Gasteiger partial charge < -0.3 is 9.64 Å². The number of fused-ring (bicyclic) bond motifs is 1. The fraction of sp³-hybridized carbons (Fsp3) is 0.550. The minimum absolute atomic E-state index is 0.766. The maximum absolute atomic E-state index is 6.05. The molecule has 1 saturated heterocycles. The number of rotatable bonds is 6. The number of hydrogen-bond acceptors (Lipinski definition) is 3. The summed E-state index contributed by atoms with van der Waals surface area (Å²) in [5, 5.41) is 1.15. The van der Waals surface area contributed by atoms with Gasteiger partial charge in [0.1, 0.15) is 11.3 Å². The Morgan fingerprint density at radius 2 is 2.13 bits per heavy atom. The van der Waals surface area contributed by atoms with E-state index >= 15 is 0 Å². The van der Waals surface area contributed by atoms with Gasteiger partial charge in [-0.2, -0.15) is 0 Å². The van der Waals surface area contributed by atoms with E-state index in [1.165, 1.54) is 32.2 Å². The minimum atomic E-state index is 0.766. The number of likely N-dealkylation sites (tertiary alicyclic amines) is 1. The largest absolute Gasteiger partial charge is 0.491 e. The summed E-state index contributed by atoms with van der Waals surface area (Å²) < 4.78 is 6.05. The maximum atomic E-state index is 6.05. The van der Waals surface area contributed by atoms with E-state index in [1.807, 2.05) is 25.1 Å². The molecule has 0 radical (unpaired) electrons. The van der Waals surface area contributed by atoms with Crippen molar-refractivity contribution in [1.82, 2.24) is 9.88 Å². The van der Waals surface area contributed by atoms with Crippen LogP contribution in [0.25, 0.3) is 10.9 Å². The fourth-order valence-corrected chi connectivity index (χ4v) is 3.60. The standard InChI is InChI=1S/C20H28N2O/c1-3-18-9-4-5-13-22(18)14-7-15-23-19-10-6-8-17-12-11-16(2)21-20(17)19/h6,8,10-12,18H,3-5,7,9,13-15H2,1-2H3. The number of nitrogens with zero attached hydrogens (tertiary/aromatic N) is 2. The third-order valence-electron chi connectivity index (χ3n) is 4.89. The monoisotopic (exact) mass is 312 g/mol. The zero-order valence-electron chi connectivity index (χ0n) is 14.4. The van der Waals surface area contributed by atoms with E-state index < -0.39 is 0 Å². The van der Waals surface area contributed by atoms with Crippen LogP contribution in [0.15, 0.2) is 30.3 Å². The highest BCUT2D eigenvalue weighted by Gasteiger charge is 2.19. The van der Waals surface area contributed by atoms with Crippen molar-refractivity contribution in [3.63, 3.8) is 0 Å². The summed E-state index contributed by atoms with van der Waals surface area (Å²) in [6.07, 6.45) is 6.46. The third kappa shape index (κ3) is 4.03. The molecule has 1 aromatic heterocycles. The molecule has 23 heavy (non-hydrogen) atoms. The van der Waals surface area contributed by atoms with E-state index in [4.69, 9.17) is 4.74 Å². The molecule has 1 aliphatic heterocycles. The zero-order valence-corrected chi connectivity index (χ0v) is 14.4. The lowest BCUT2D eigenvalue weighted by Crippen LogP contribution is -2.40. The van der Waals surface area contributed by atoms with Crippen molar-refractivity contribution in [3.8, 4) is 5.75 Å². The van der Waals surface area contributed by atoms with Crippen LogP contribution in [0, 0.1) is 6.92 Å².